The zero-order chi connectivity index (χ0) is 20.9. The lowest BCUT2D eigenvalue weighted by molar-refractivity contribution is -0.138. The molecule has 0 spiro atoms. The molecule has 156 valence electrons. The molecule has 6 nitrogen and oxygen atoms in total. The number of aryl methyl sites for hydroxylation is 2. The average Bonchev–Trinajstić information content (AvgIpc) is 3.16. The van der Waals surface area contributed by atoms with Crippen molar-refractivity contribution in [2.45, 2.75) is 39.2 Å². The van der Waals surface area contributed by atoms with Gasteiger partial charge in [0.1, 0.15) is 5.65 Å². The maximum Gasteiger partial charge on any atom is 0.225 e. The van der Waals surface area contributed by atoms with Gasteiger partial charge in [-0.05, 0) is 43.4 Å². The highest BCUT2D eigenvalue weighted by molar-refractivity contribution is 5.83. The molecule has 0 saturated carbocycles. The molecule has 0 bridgehead atoms. The molecule has 3 aromatic rings. The van der Waals surface area contributed by atoms with Gasteiger partial charge in [-0.1, -0.05) is 36.4 Å². The van der Waals surface area contributed by atoms with Gasteiger partial charge in [0.05, 0.1) is 18.2 Å². The van der Waals surface area contributed by atoms with Crippen LogP contribution < -0.4 is 5.32 Å². The molecule has 0 aliphatic carbocycles. The Morgan fingerprint density at radius 2 is 2.00 bits per heavy atom. The van der Waals surface area contributed by atoms with Gasteiger partial charge in [0.2, 0.25) is 11.8 Å². The second-order valence-corrected chi connectivity index (χ2v) is 8.09. The Morgan fingerprint density at radius 3 is 2.83 bits per heavy atom. The third-order valence-corrected chi connectivity index (χ3v) is 5.70. The lowest BCUT2D eigenvalue weighted by atomic mass is 9.96. The number of fused-ring (bicyclic) bond motifs is 1. The van der Waals surface area contributed by atoms with Crippen molar-refractivity contribution < 1.29 is 9.59 Å². The number of amides is 2. The molecule has 1 N–H and O–H groups in total. The number of carbonyl (C=O) groups is 2. The quantitative estimate of drug-likeness (QED) is 0.658. The number of nitrogens with one attached hydrogen (secondary N) is 1. The molecular formula is C24H28N4O2. The maximum absolute atomic E-state index is 12.7. The van der Waals surface area contributed by atoms with Crippen molar-refractivity contribution >= 4 is 17.5 Å². The van der Waals surface area contributed by atoms with E-state index in [9.17, 15) is 9.59 Å². The molecule has 0 radical (unpaired) electrons. The standard InChI is InChI=1S/C24H28N4O2/c1-18-9-11-22-26-21(17-28(22)15-18)14-25-24(30)20-10-12-23(29)27(16-20)13-5-8-19-6-3-2-4-7-19/h2-4,6-7,9,11,15,17,20H,5,8,10,12-14,16H2,1H3,(H,25,30). The van der Waals surface area contributed by atoms with Crippen LogP contribution in [0.25, 0.3) is 5.65 Å². The van der Waals surface area contributed by atoms with E-state index in [-0.39, 0.29) is 17.7 Å². The van der Waals surface area contributed by atoms with Crippen molar-refractivity contribution in [3.05, 3.63) is 71.7 Å². The fraction of sp³-hybridized carbons (Fsp3) is 0.375. The van der Waals surface area contributed by atoms with Crippen LogP contribution in [0, 0.1) is 12.8 Å². The number of nitrogens with zero attached hydrogens (tertiary/aromatic N) is 3. The Morgan fingerprint density at radius 1 is 1.17 bits per heavy atom. The number of piperidine rings is 1. The van der Waals surface area contributed by atoms with Gasteiger partial charge in [-0.3, -0.25) is 9.59 Å². The molecule has 1 unspecified atom stereocenters. The summed E-state index contributed by atoms with van der Waals surface area (Å²) in [5.41, 5.74) is 4.15. The summed E-state index contributed by atoms with van der Waals surface area (Å²) in [5.74, 6) is 0.00493. The third-order valence-electron chi connectivity index (χ3n) is 5.70. The summed E-state index contributed by atoms with van der Waals surface area (Å²) in [7, 11) is 0. The predicted molar refractivity (Wildman–Crippen MR) is 116 cm³/mol. The summed E-state index contributed by atoms with van der Waals surface area (Å²) in [6.07, 6.45) is 6.87. The van der Waals surface area contributed by atoms with Gasteiger partial charge in [0, 0.05) is 31.9 Å². The lowest BCUT2D eigenvalue weighted by Crippen LogP contribution is -2.46. The van der Waals surface area contributed by atoms with Crippen molar-refractivity contribution in [3.63, 3.8) is 0 Å². The van der Waals surface area contributed by atoms with Crippen LogP contribution >= 0.6 is 0 Å². The highest BCUT2D eigenvalue weighted by Gasteiger charge is 2.29. The van der Waals surface area contributed by atoms with Gasteiger partial charge in [-0.2, -0.15) is 0 Å². The van der Waals surface area contributed by atoms with Crippen LogP contribution in [0.5, 0.6) is 0 Å². The molecule has 30 heavy (non-hydrogen) atoms. The normalized spacial score (nSPS) is 16.8. The summed E-state index contributed by atoms with van der Waals surface area (Å²) in [6.45, 7) is 3.64. The van der Waals surface area contributed by atoms with Crippen LogP contribution in [0.15, 0.2) is 54.9 Å². The molecule has 1 aromatic carbocycles. The first-order valence-corrected chi connectivity index (χ1v) is 10.6. The first-order valence-electron chi connectivity index (χ1n) is 10.6. The minimum atomic E-state index is -0.154. The van der Waals surface area contributed by atoms with Crippen molar-refractivity contribution in [1.29, 1.82) is 0 Å². The molecular weight excluding hydrogens is 376 g/mol. The average molecular weight is 405 g/mol. The van der Waals surface area contributed by atoms with Gasteiger partial charge in [-0.25, -0.2) is 4.98 Å². The Kier molecular flexibility index (Phi) is 6.12. The van der Waals surface area contributed by atoms with Crippen molar-refractivity contribution in [2.24, 2.45) is 5.92 Å². The van der Waals surface area contributed by atoms with Crippen LogP contribution in [0.3, 0.4) is 0 Å². The zero-order valence-electron chi connectivity index (χ0n) is 17.4. The summed E-state index contributed by atoms with van der Waals surface area (Å²) < 4.78 is 1.98. The first-order chi connectivity index (χ1) is 14.6. The van der Waals surface area contributed by atoms with E-state index in [1.54, 1.807) is 0 Å². The fourth-order valence-corrected chi connectivity index (χ4v) is 4.03. The van der Waals surface area contributed by atoms with Gasteiger partial charge < -0.3 is 14.6 Å². The Balaban J connectivity index is 1.28. The Bertz CT molecular complexity index is 1030. The minimum absolute atomic E-state index is 0.00351. The lowest BCUT2D eigenvalue weighted by Gasteiger charge is -2.32. The topological polar surface area (TPSA) is 66.7 Å². The van der Waals surface area contributed by atoms with E-state index in [1.807, 2.05) is 58.9 Å². The molecule has 1 aliphatic rings. The van der Waals surface area contributed by atoms with Crippen LogP contribution in [-0.2, 0) is 22.6 Å². The van der Waals surface area contributed by atoms with Gasteiger partial charge in [-0.15, -0.1) is 0 Å². The summed E-state index contributed by atoms with van der Waals surface area (Å²) in [6, 6.07) is 14.3. The molecule has 1 saturated heterocycles. The van der Waals surface area contributed by atoms with Crippen LogP contribution in [-0.4, -0.2) is 39.2 Å². The number of carbonyl (C=O) groups excluding carboxylic acids is 2. The highest BCUT2D eigenvalue weighted by atomic mass is 16.2. The van der Waals surface area contributed by atoms with Crippen LogP contribution in [0.4, 0.5) is 0 Å². The third kappa shape index (κ3) is 4.87. The molecule has 3 heterocycles. The predicted octanol–water partition coefficient (Wildman–Crippen LogP) is 3.13. The number of aromatic nitrogens is 2. The second kappa shape index (κ2) is 9.11. The first kappa shape index (κ1) is 20.1. The molecule has 1 fully saturated rings. The number of hydrogen-bond donors (Lipinski definition) is 1. The number of hydrogen-bond acceptors (Lipinski definition) is 3. The van der Waals surface area contributed by atoms with E-state index in [0.717, 1.165) is 29.7 Å². The molecule has 2 amide bonds. The van der Waals surface area contributed by atoms with E-state index < -0.39 is 0 Å². The molecule has 2 aromatic heterocycles. The summed E-state index contributed by atoms with van der Waals surface area (Å²) >= 11 is 0. The van der Waals surface area contributed by atoms with Gasteiger partial charge in [0.15, 0.2) is 0 Å². The molecule has 1 atom stereocenters. The van der Waals surface area contributed by atoms with E-state index in [4.69, 9.17) is 0 Å². The minimum Gasteiger partial charge on any atom is -0.350 e. The largest absolute Gasteiger partial charge is 0.350 e. The van der Waals surface area contributed by atoms with Gasteiger partial charge in [0.25, 0.3) is 0 Å². The number of likely N-dealkylation sites (tertiary alicyclic amines) is 1. The van der Waals surface area contributed by atoms with Crippen LogP contribution in [0.2, 0.25) is 0 Å². The van der Waals surface area contributed by atoms with Crippen molar-refractivity contribution in [1.82, 2.24) is 19.6 Å². The van der Waals surface area contributed by atoms with E-state index >= 15 is 0 Å². The van der Waals surface area contributed by atoms with Crippen molar-refractivity contribution in [3.8, 4) is 0 Å². The molecule has 6 heteroatoms. The number of rotatable bonds is 7. The van der Waals surface area contributed by atoms with E-state index in [1.165, 1.54) is 5.56 Å². The number of benzene rings is 1. The maximum atomic E-state index is 12.7. The summed E-state index contributed by atoms with van der Waals surface area (Å²) in [4.78, 5) is 31.4. The molecule has 1 aliphatic heterocycles. The van der Waals surface area contributed by atoms with Crippen LogP contribution in [0.1, 0.15) is 36.1 Å². The second-order valence-electron chi connectivity index (χ2n) is 8.09. The smallest absolute Gasteiger partial charge is 0.225 e. The molecule has 4 rings (SSSR count). The SMILES string of the molecule is Cc1ccc2nc(CNC(=O)C3CCC(=O)N(CCCc4ccccc4)C3)cn2c1. The monoisotopic (exact) mass is 404 g/mol. The van der Waals surface area contributed by atoms with E-state index in [2.05, 4.69) is 22.4 Å². The fourth-order valence-electron chi connectivity index (χ4n) is 4.03. The number of imidazole rings is 1. The zero-order valence-corrected chi connectivity index (χ0v) is 17.4. The van der Waals surface area contributed by atoms with E-state index in [0.29, 0.717) is 32.5 Å². The summed E-state index contributed by atoms with van der Waals surface area (Å²) in [5, 5.41) is 3.01. The van der Waals surface area contributed by atoms with Gasteiger partial charge >= 0.3 is 0 Å². The van der Waals surface area contributed by atoms with Crippen molar-refractivity contribution in [2.75, 3.05) is 13.1 Å². The Hall–Kier alpha value is -3.15. The number of pyridine rings is 1. The Labute approximate surface area is 176 Å². The highest BCUT2D eigenvalue weighted by Crippen LogP contribution is 2.19.